The van der Waals surface area contributed by atoms with Crippen LogP contribution in [0.25, 0.3) is 0 Å². The molecule has 1 N–H and O–H groups in total. The number of rotatable bonds is 0. The average molecular weight is 289 g/mol. The lowest BCUT2D eigenvalue weighted by Crippen LogP contribution is -2.36. The predicted octanol–water partition coefficient (Wildman–Crippen LogP) is 2.14. The highest BCUT2D eigenvalue weighted by Crippen LogP contribution is 2.35. The lowest BCUT2D eigenvalue weighted by molar-refractivity contribution is 0.0286. The van der Waals surface area contributed by atoms with Gasteiger partial charge in [-0.2, -0.15) is 0 Å². The lowest BCUT2D eigenvalue weighted by atomic mass is 9.91. The highest BCUT2D eigenvalue weighted by molar-refractivity contribution is 5.68. The van der Waals surface area contributed by atoms with E-state index in [1.54, 1.807) is 0 Å². The van der Waals surface area contributed by atoms with Crippen molar-refractivity contribution in [1.29, 1.82) is 0 Å². The van der Waals surface area contributed by atoms with Gasteiger partial charge in [-0.05, 0) is 38.3 Å². The van der Waals surface area contributed by atoms with Crippen LogP contribution in [0, 0.1) is 5.92 Å². The third-order valence-corrected chi connectivity index (χ3v) is 4.09. The average Bonchev–Trinajstić information content (AvgIpc) is 2.74. The highest BCUT2D eigenvalue weighted by atomic mass is 16.6. The van der Waals surface area contributed by atoms with Gasteiger partial charge in [-0.25, -0.2) is 4.79 Å². The Balaban J connectivity index is 1.78. The Bertz CT molecular complexity index is 539. The Labute approximate surface area is 125 Å². The lowest BCUT2D eigenvalue weighted by Gasteiger charge is -2.24. The number of aromatic nitrogens is 1. The summed E-state index contributed by atoms with van der Waals surface area (Å²) < 4.78 is 5.49. The van der Waals surface area contributed by atoms with Crippen molar-refractivity contribution in [2.24, 2.45) is 5.92 Å². The zero-order valence-corrected chi connectivity index (χ0v) is 12.9. The molecule has 5 nitrogen and oxygen atoms in total. The van der Waals surface area contributed by atoms with E-state index in [1.165, 1.54) is 5.56 Å². The summed E-state index contributed by atoms with van der Waals surface area (Å²) in [6, 6.07) is 4.09. The number of amides is 1. The minimum absolute atomic E-state index is 0.215. The summed E-state index contributed by atoms with van der Waals surface area (Å²) in [5, 5.41) is 3.46. The van der Waals surface area contributed by atoms with Gasteiger partial charge in [0.05, 0.1) is 5.69 Å². The molecule has 3 heterocycles. The SMILES string of the molecule is CC(C)(C)OC(=O)N1C[C@H]2CNCc3cccnc3[C@@H]2C1. The summed E-state index contributed by atoms with van der Waals surface area (Å²) in [6.07, 6.45) is 1.63. The quantitative estimate of drug-likeness (QED) is 0.795. The summed E-state index contributed by atoms with van der Waals surface area (Å²) in [4.78, 5) is 18.7. The summed E-state index contributed by atoms with van der Waals surface area (Å²) in [5.74, 6) is 0.720. The first-order chi connectivity index (χ1) is 9.94. The molecule has 2 atom stereocenters. The van der Waals surface area contributed by atoms with Crippen molar-refractivity contribution >= 4 is 6.09 Å². The molecule has 1 amide bonds. The molecular formula is C16H23N3O2. The highest BCUT2D eigenvalue weighted by Gasteiger charge is 2.40. The maximum atomic E-state index is 12.3. The van der Waals surface area contributed by atoms with Crippen LogP contribution in [0.5, 0.6) is 0 Å². The molecule has 1 aromatic rings. The molecule has 0 spiro atoms. The first-order valence-electron chi connectivity index (χ1n) is 7.56. The Morgan fingerprint density at radius 3 is 3.00 bits per heavy atom. The number of carbonyl (C=O) groups excluding carboxylic acids is 1. The zero-order valence-electron chi connectivity index (χ0n) is 12.9. The molecule has 3 rings (SSSR count). The number of carbonyl (C=O) groups is 1. The first kappa shape index (κ1) is 14.3. The number of ether oxygens (including phenoxy) is 1. The van der Waals surface area contributed by atoms with E-state index >= 15 is 0 Å². The van der Waals surface area contributed by atoms with Gasteiger partial charge in [0.1, 0.15) is 5.60 Å². The second-order valence-corrected chi connectivity index (χ2v) is 6.93. The molecule has 0 saturated carbocycles. The van der Waals surface area contributed by atoms with Gasteiger partial charge >= 0.3 is 6.09 Å². The topological polar surface area (TPSA) is 54.5 Å². The fraction of sp³-hybridized carbons (Fsp3) is 0.625. The van der Waals surface area contributed by atoms with Gasteiger partial charge in [0, 0.05) is 38.3 Å². The van der Waals surface area contributed by atoms with Gasteiger partial charge in [0.15, 0.2) is 0 Å². The Morgan fingerprint density at radius 2 is 2.24 bits per heavy atom. The maximum Gasteiger partial charge on any atom is 0.410 e. The standard InChI is InChI=1S/C16H23N3O2/c1-16(2,3)21-15(20)19-9-12-8-17-7-11-5-4-6-18-14(11)13(12)10-19/h4-6,12-13,17H,7-10H2,1-3H3/t12-,13-/m1/s1. The van der Waals surface area contributed by atoms with Gasteiger partial charge in [-0.15, -0.1) is 0 Å². The molecule has 0 radical (unpaired) electrons. The van der Waals surface area contributed by atoms with Crippen LogP contribution in [0.4, 0.5) is 4.79 Å². The van der Waals surface area contributed by atoms with Crippen LogP contribution in [0.15, 0.2) is 18.3 Å². The molecule has 114 valence electrons. The van der Waals surface area contributed by atoms with Crippen LogP contribution in [0.3, 0.4) is 0 Å². The van der Waals surface area contributed by atoms with E-state index in [2.05, 4.69) is 16.4 Å². The molecular weight excluding hydrogens is 266 g/mol. The largest absolute Gasteiger partial charge is 0.444 e. The van der Waals surface area contributed by atoms with Crippen molar-refractivity contribution in [1.82, 2.24) is 15.2 Å². The van der Waals surface area contributed by atoms with Crippen molar-refractivity contribution in [2.75, 3.05) is 19.6 Å². The van der Waals surface area contributed by atoms with Gasteiger partial charge in [-0.1, -0.05) is 6.07 Å². The van der Waals surface area contributed by atoms with Gasteiger partial charge in [-0.3, -0.25) is 4.98 Å². The van der Waals surface area contributed by atoms with E-state index in [0.717, 1.165) is 25.3 Å². The molecule has 0 bridgehead atoms. The second-order valence-electron chi connectivity index (χ2n) is 6.93. The van der Waals surface area contributed by atoms with Crippen LogP contribution in [-0.2, 0) is 11.3 Å². The molecule has 0 unspecified atom stereocenters. The van der Waals surface area contributed by atoms with E-state index in [4.69, 9.17) is 4.74 Å². The number of nitrogens with one attached hydrogen (secondary N) is 1. The second kappa shape index (κ2) is 5.30. The fourth-order valence-electron chi connectivity index (χ4n) is 3.19. The van der Waals surface area contributed by atoms with Crippen molar-refractivity contribution in [2.45, 2.75) is 38.8 Å². The van der Waals surface area contributed by atoms with Gasteiger partial charge < -0.3 is 15.0 Å². The molecule has 0 aliphatic carbocycles. The molecule has 1 aromatic heterocycles. The number of likely N-dealkylation sites (tertiary alicyclic amines) is 1. The van der Waals surface area contributed by atoms with E-state index in [-0.39, 0.29) is 6.09 Å². The molecule has 2 aliphatic heterocycles. The molecule has 2 aliphatic rings. The first-order valence-corrected chi connectivity index (χ1v) is 7.56. The number of hydrogen-bond acceptors (Lipinski definition) is 4. The number of nitrogens with zero attached hydrogens (tertiary/aromatic N) is 2. The zero-order chi connectivity index (χ0) is 15.0. The van der Waals surface area contributed by atoms with Gasteiger partial charge in [0.2, 0.25) is 0 Å². The van der Waals surface area contributed by atoms with E-state index < -0.39 is 5.60 Å². The van der Waals surface area contributed by atoms with Crippen molar-refractivity contribution in [3.8, 4) is 0 Å². The van der Waals surface area contributed by atoms with Crippen molar-refractivity contribution < 1.29 is 9.53 Å². The van der Waals surface area contributed by atoms with Crippen LogP contribution in [-0.4, -0.2) is 41.2 Å². The number of hydrogen-bond donors (Lipinski definition) is 1. The summed E-state index contributed by atoms with van der Waals surface area (Å²) in [6.45, 7) is 8.92. The van der Waals surface area contributed by atoms with E-state index in [1.807, 2.05) is 37.9 Å². The van der Waals surface area contributed by atoms with Crippen LogP contribution in [0.2, 0.25) is 0 Å². The smallest absolute Gasteiger partial charge is 0.410 e. The maximum absolute atomic E-state index is 12.3. The Kier molecular flexibility index (Phi) is 3.61. The summed E-state index contributed by atoms with van der Waals surface area (Å²) in [5.41, 5.74) is 1.94. The van der Waals surface area contributed by atoms with Crippen LogP contribution >= 0.6 is 0 Å². The molecule has 0 aromatic carbocycles. The minimum atomic E-state index is -0.448. The molecule has 21 heavy (non-hydrogen) atoms. The predicted molar refractivity (Wildman–Crippen MR) is 80.0 cm³/mol. The monoisotopic (exact) mass is 289 g/mol. The van der Waals surface area contributed by atoms with Crippen molar-refractivity contribution in [3.63, 3.8) is 0 Å². The third-order valence-electron chi connectivity index (χ3n) is 4.09. The number of pyridine rings is 1. The summed E-state index contributed by atoms with van der Waals surface area (Å²) in [7, 11) is 0. The normalized spacial score (nSPS) is 25.0. The third kappa shape index (κ3) is 3.02. The Morgan fingerprint density at radius 1 is 1.43 bits per heavy atom. The van der Waals surface area contributed by atoms with E-state index in [9.17, 15) is 4.79 Å². The van der Waals surface area contributed by atoms with Crippen LogP contribution in [0.1, 0.15) is 37.9 Å². The fourth-order valence-corrected chi connectivity index (χ4v) is 3.19. The van der Waals surface area contributed by atoms with E-state index in [0.29, 0.717) is 18.4 Å². The summed E-state index contributed by atoms with van der Waals surface area (Å²) >= 11 is 0. The van der Waals surface area contributed by atoms with Crippen LogP contribution < -0.4 is 5.32 Å². The molecule has 1 saturated heterocycles. The molecule has 1 fully saturated rings. The number of fused-ring (bicyclic) bond motifs is 3. The van der Waals surface area contributed by atoms with Gasteiger partial charge in [0.25, 0.3) is 0 Å². The minimum Gasteiger partial charge on any atom is -0.444 e. The van der Waals surface area contributed by atoms with Crippen molar-refractivity contribution in [3.05, 3.63) is 29.6 Å². The Hall–Kier alpha value is -1.62. The molecule has 5 heteroatoms.